The molecule has 3 N–H and O–H groups in total. The summed E-state index contributed by atoms with van der Waals surface area (Å²) in [5.41, 5.74) is 4.99. The molecule has 0 aliphatic rings. The first kappa shape index (κ1) is 10.4. The van der Waals surface area contributed by atoms with Gasteiger partial charge in [-0.2, -0.15) is 5.06 Å². The van der Waals surface area contributed by atoms with Crippen LogP contribution in [0, 0.1) is 0 Å². The monoisotopic (exact) mass is 242 g/mol. The first-order chi connectivity index (χ1) is 7.09. The van der Waals surface area contributed by atoms with E-state index in [0.29, 0.717) is 5.06 Å². The van der Waals surface area contributed by atoms with Gasteiger partial charge in [0.05, 0.1) is 10.1 Å². The minimum Gasteiger partial charge on any atom is -0.350 e. The second-order valence-corrected chi connectivity index (χ2v) is 5.43. The Morgan fingerprint density at radius 3 is 3.00 bits per heavy atom. The van der Waals surface area contributed by atoms with Crippen LogP contribution in [-0.4, -0.2) is 16.3 Å². The van der Waals surface area contributed by atoms with E-state index in [9.17, 15) is 10.0 Å². The summed E-state index contributed by atoms with van der Waals surface area (Å²) in [6.45, 7) is 1.74. The van der Waals surface area contributed by atoms with Gasteiger partial charge in [-0.25, -0.2) is 4.79 Å². The Balaban J connectivity index is 2.31. The molecule has 0 aliphatic heterocycles. The van der Waals surface area contributed by atoms with Crippen LogP contribution in [0.4, 0.5) is 4.79 Å². The summed E-state index contributed by atoms with van der Waals surface area (Å²) in [4.78, 5) is 11.7. The quantitative estimate of drug-likeness (QED) is 0.628. The van der Waals surface area contributed by atoms with E-state index in [1.807, 2.05) is 17.5 Å². The van der Waals surface area contributed by atoms with Crippen LogP contribution in [0.25, 0.3) is 9.40 Å². The number of carbonyl (C=O) groups is 1. The molecule has 6 heteroatoms. The number of carbonyl (C=O) groups excluding carboxylic acids is 1. The van der Waals surface area contributed by atoms with Gasteiger partial charge in [-0.15, -0.1) is 22.7 Å². The Labute approximate surface area is 94.5 Å². The number of hydrogen-bond donors (Lipinski definition) is 2. The molecule has 2 rings (SSSR count). The maximum Gasteiger partial charge on any atom is 0.339 e. The van der Waals surface area contributed by atoms with Gasteiger partial charge in [0.15, 0.2) is 0 Å². The van der Waals surface area contributed by atoms with Crippen LogP contribution in [-0.2, 0) is 0 Å². The largest absolute Gasteiger partial charge is 0.350 e. The molecule has 1 atom stereocenters. The molecule has 0 radical (unpaired) electrons. The molecule has 0 fully saturated rings. The molecule has 4 nitrogen and oxygen atoms in total. The molecular formula is C9H10N2O2S2. The number of nitrogens with zero attached hydrogens (tertiary/aromatic N) is 1. The van der Waals surface area contributed by atoms with Crippen molar-refractivity contribution >= 4 is 38.1 Å². The average molecular weight is 242 g/mol. The van der Waals surface area contributed by atoms with Gasteiger partial charge in [-0.1, -0.05) is 0 Å². The fraction of sp³-hybridized carbons (Fsp3) is 0.222. The van der Waals surface area contributed by atoms with E-state index in [2.05, 4.69) is 0 Å². The third-order valence-corrected chi connectivity index (χ3v) is 4.55. The Bertz CT molecular complexity index is 462. The normalized spacial score (nSPS) is 12.9. The highest BCUT2D eigenvalue weighted by molar-refractivity contribution is 7.37. The molecule has 2 aromatic heterocycles. The zero-order valence-corrected chi connectivity index (χ0v) is 9.64. The number of hydrogen-bond acceptors (Lipinski definition) is 4. The van der Waals surface area contributed by atoms with E-state index in [1.54, 1.807) is 29.6 Å². The van der Waals surface area contributed by atoms with Crippen molar-refractivity contribution in [3.63, 3.8) is 0 Å². The van der Waals surface area contributed by atoms with Crippen molar-refractivity contribution in [3.05, 3.63) is 22.4 Å². The summed E-state index contributed by atoms with van der Waals surface area (Å²) in [5.74, 6) is 0. The molecule has 2 aromatic rings. The topological polar surface area (TPSA) is 66.6 Å². The van der Waals surface area contributed by atoms with Crippen molar-refractivity contribution in [2.75, 3.05) is 0 Å². The molecule has 0 spiro atoms. The van der Waals surface area contributed by atoms with Crippen molar-refractivity contribution in [1.29, 1.82) is 0 Å². The fourth-order valence-electron chi connectivity index (χ4n) is 1.30. The number of urea groups is 1. The molecule has 0 aromatic carbocycles. The highest BCUT2D eigenvalue weighted by Crippen LogP contribution is 2.35. The lowest BCUT2D eigenvalue weighted by Gasteiger charge is -2.18. The molecule has 1 unspecified atom stereocenters. The summed E-state index contributed by atoms with van der Waals surface area (Å²) in [6, 6.07) is 2.75. The summed E-state index contributed by atoms with van der Waals surface area (Å²) in [7, 11) is 0. The van der Waals surface area contributed by atoms with Crippen molar-refractivity contribution in [2.45, 2.75) is 13.0 Å². The van der Waals surface area contributed by atoms with Crippen LogP contribution < -0.4 is 5.73 Å². The van der Waals surface area contributed by atoms with Crippen molar-refractivity contribution < 1.29 is 10.0 Å². The number of nitrogens with two attached hydrogens (primary N) is 1. The van der Waals surface area contributed by atoms with E-state index in [0.717, 1.165) is 10.3 Å². The second-order valence-electron chi connectivity index (χ2n) is 3.17. The van der Waals surface area contributed by atoms with Gasteiger partial charge in [0, 0.05) is 10.3 Å². The second kappa shape index (κ2) is 3.80. The van der Waals surface area contributed by atoms with Gasteiger partial charge in [-0.3, -0.25) is 5.21 Å². The third kappa shape index (κ3) is 1.83. The summed E-state index contributed by atoms with van der Waals surface area (Å²) in [6.07, 6.45) is 0. The molecule has 0 bridgehead atoms. The number of hydroxylamine groups is 2. The van der Waals surface area contributed by atoms with E-state index >= 15 is 0 Å². The van der Waals surface area contributed by atoms with Crippen LogP contribution in [0.5, 0.6) is 0 Å². The van der Waals surface area contributed by atoms with Gasteiger partial charge in [0.2, 0.25) is 0 Å². The zero-order chi connectivity index (χ0) is 11.0. The smallest absolute Gasteiger partial charge is 0.339 e. The molecule has 80 valence electrons. The first-order valence-corrected chi connectivity index (χ1v) is 6.03. The Kier molecular flexibility index (Phi) is 2.64. The lowest BCUT2D eigenvalue weighted by Crippen LogP contribution is -2.34. The molecule has 0 aliphatic carbocycles. The Morgan fingerprint density at radius 1 is 1.67 bits per heavy atom. The number of fused-ring (bicyclic) bond motifs is 1. The minimum absolute atomic E-state index is 0.396. The minimum atomic E-state index is -0.834. The fourth-order valence-corrected chi connectivity index (χ4v) is 3.47. The van der Waals surface area contributed by atoms with E-state index in [4.69, 9.17) is 5.73 Å². The lowest BCUT2D eigenvalue weighted by molar-refractivity contribution is -0.0700. The van der Waals surface area contributed by atoms with Gasteiger partial charge in [0.1, 0.15) is 0 Å². The summed E-state index contributed by atoms with van der Waals surface area (Å²) in [5, 5.41) is 13.1. The van der Waals surface area contributed by atoms with Crippen molar-refractivity contribution in [1.82, 2.24) is 5.06 Å². The van der Waals surface area contributed by atoms with Gasteiger partial charge in [0.25, 0.3) is 0 Å². The number of thiophene rings is 2. The Hall–Kier alpha value is -1.11. The standard InChI is InChI=1S/C9H10N2O2S2/c1-5(11(13)9(10)12)7-4-6-2-3-14-8(6)15-7/h2-5,13H,1H3,(H2,10,12). The predicted molar refractivity (Wildman–Crippen MR) is 61.3 cm³/mol. The van der Waals surface area contributed by atoms with Crippen molar-refractivity contribution in [2.24, 2.45) is 5.73 Å². The van der Waals surface area contributed by atoms with E-state index < -0.39 is 12.1 Å². The van der Waals surface area contributed by atoms with Crippen LogP contribution in [0.1, 0.15) is 17.8 Å². The van der Waals surface area contributed by atoms with Crippen LogP contribution >= 0.6 is 22.7 Å². The number of amides is 2. The summed E-state index contributed by atoms with van der Waals surface area (Å²) >= 11 is 3.21. The van der Waals surface area contributed by atoms with Crippen LogP contribution in [0.3, 0.4) is 0 Å². The van der Waals surface area contributed by atoms with Gasteiger partial charge >= 0.3 is 6.03 Å². The predicted octanol–water partition coefficient (Wildman–Crippen LogP) is 2.79. The SMILES string of the molecule is CC(c1cc2ccsc2s1)N(O)C(N)=O. The van der Waals surface area contributed by atoms with Gasteiger partial charge < -0.3 is 5.73 Å². The van der Waals surface area contributed by atoms with E-state index in [-0.39, 0.29) is 0 Å². The van der Waals surface area contributed by atoms with Gasteiger partial charge in [-0.05, 0) is 24.4 Å². The maximum absolute atomic E-state index is 10.8. The zero-order valence-electron chi connectivity index (χ0n) is 8.01. The third-order valence-electron chi connectivity index (χ3n) is 2.17. The first-order valence-electron chi connectivity index (χ1n) is 4.34. The molecule has 0 saturated heterocycles. The highest BCUT2D eigenvalue weighted by Gasteiger charge is 2.19. The maximum atomic E-state index is 10.8. The Morgan fingerprint density at radius 2 is 2.40 bits per heavy atom. The highest BCUT2D eigenvalue weighted by atomic mass is 32.2. The number of rotatable bonds is 2. The van der Waals surface area contributed by atoms with E-state index in [1.165, 1.54) is 4.01 Å². The number of primary amides is 1. The average Bonchev–Trinajstić information content (AvgIpc) is 2.74. The molecule has 15 heavy (non-hydrogen) atoms. The molecule has 2 amide bonds. The van der Waals surface area contributed by atoms with Crippen LogP contribution in [0.15, 0.2) is 17.5 Å². The molecule has 0 saturated carbocycles. The van der Waals surface area contributed by atoms with Crippen molar-refractivity contribution in [3.8, 4) is 0 Å². The summed E-state index contributed by atoms with van der Waals surface area (Å²) < 4.78 is 1.19. The molecular weight excluding hydrogens is 232 g/mol. The van der Waals surface area contributed by atoms with Crippen LogP contribution in [0.2, 0.25) is 0 Å². The lowest BCUT2D eigenvalue weighted by atomic mass is 10.2. The molecule has 2 heterocycles.